The average molecular weight is 378 g/mol. The molecule has 3 heteroatoms. The topological polar surface area (TPSA) is 38.3 Å². The number of hydrogen-bond acceptors (Lipinski definition) is 3. The third-order valence-electron chi connectivity index (χ3n) is 6.80. The van der Waals surface area contributed by atoms with E-state index in [9.17, 15) is 4.79 Å². The lowest BCUT2D eigenvalue weighted by Gasteiger charge is -2.31. The number of benzene rings is 2. The minimum atomic E-state index is -0.502. The van der Waals surface area contributed by atoms with E-state index >= 15 is 0 Å². The Balaban J connectivity index is 1.58. The molecule has 1 saturated carbocycles. The van der Waals surface area contributed by atoms with Gasteiger partial charge in [-0.1, -0.05) is 48.5 Å². The standard InChI is InChI=1S/C25H31NO2/c1-24(2,23(27)28-3)17-26-21-12-13-25(16-21)15-20-10-5-4-8-18(20)14-19-9-6-7-11-22(19)25/h4-11,21,26H,12-17H2,1-3H3. The number of methoxy groups -OCH3 is 1. The molecule has 0 heterocycles. The number of esters is 1. The maximum Gasteiger partial charge on any atom is 0.312 e. The second-order valence-electron chi connectivity index (χ2n) is 9.26. The largest absolute Gasteiger partial charge is 0.469 e. The third-order valence-corrected chi connectivity index (χ3v) is 6.80. The Bertz CT molecular complexity index is 872. The van der Waals surface area contributed by atoms with Gasteiger partial charge in [0.2, 0.25) is 0 Å². The Morgan fingerprint density at radius 2 is 1.79 bits per heavy atom. The minimum absolute atomic E-state index is 0.151. The molecule has 2 aliphatic carbocycles. The first-order valence-electron chi connectivity index (χ1n) is 10.4. The average Bonchev–Trinajstić information content (AvgIpc) is 3.05. The fraction of sp³-hybridized carbons (Fsp3) is 0.480. The van der Waals surface area contributed by atoms with E-state index in [1.807, 2.05) is 13.8 Å². The van der Waals surface area contributed by atoms with Crippen LogP contribution in [-0.2, 0) is 27.8 Å². The molecule has 28 heavy (non-hydrogen) atoms. The van der Waals surface area contributed by atoms with Gasteiger partial charge >= 0.3 is 5.97 Å². The van der Waals surface area contributed by atoms with Crippen molar-refractivity contribution >= 4 is 5.97 Å². The molecule has 2 aliphatic rings. The predicted molar refractivity (Wildman–Crippen MR) is 113 cm³/mol. The molecule has 2 atom stereocenters. The molecule has 2 unspecified atom stereocenters. The van der Waals surface area contributed by atoms with Crippen LogP contribution in [0.3, 0.4) is 0 Å². The first kappa shape index (κ1) is 19.2. The molecule has 0 radical (unpaired) electrons. The van der Waals surface area contributed by atoms with Gasteiger partial charge in [-0.05, 0) is 68.2 Å². The zero-order chi connectivity index (χ0) is 19.8. The molecule has 2 aromatic carbocycles. The molecule has 1 fully saturated rings. The lowest BCUT2D eigenvalue weighted by atomic mass is 9.73. The van der Waals surface area contributed by atoms with Gasteiger partial charge in [0.25, 0.3) is 0 Å². The highest BCUT2D eigenvalue weighted by Crippen LogP contribution is 2.47. The van der Waals surface area contributed by atoms with Crippen LogP contribution in [0.2, 0.25) is 0 Å². The van der Waals surface area contributed by atoms with Gasteiger partial charge in [0.1, 0.15) is 0 Å². The zero-order valence-electron chi connectivity index (χ0n) is 17.3. The van der Waals surface area contributed by atoms with Crippen molar-refractivity contribution in [3.8, 4) is 0 Å². The number of ether oxygens (including phenoxy) is 1. The zero-order valence-corrected chi connectivity index (χ0v) is 17.3. The van der Waals surface area contributed by atoms with Crippen LogP contribution in [0.5, 0.6) is 0 Å². The van der Waals surface area contributed by atoms with Crippen molar-refractivity contribution in [2.24, 2.45) is 5.41 Å². The summed E-state index contributed by atoms with van der Waals surface area (Å²) in [6.45, 7) is 4.56. The Kier molecular flexibility index (Phi) is 5.05. The van der Waals surface area contributed by atoms with Crippen molar-refractivity contribution in [3.63, 3.8) is 0 Å². The maximum atomic E-state index is 12.0. The monoisotopic (exact) mass is 377 g/mol. The van der Waals surface area contributed by atoms with Crippen LogP contribution in [0.15, 0.2) is 48.5 Å². The van der Waals surface area contributed by atoms with E-state index in [0.29, 0.717) is 12.6 Å². The van der Waals surface area contributed by atoms with E-state index in [1.165, 1.54) is 35.8 Å². The summed E-state index contributed by atoms with van der Waals surface area (Å²) >= 11 is 0. The van der Waals surface area contributed by atoms with E-state index in [2.05, 4.69) is 53.8 Å². The van der Waals surface area contributed by atoms with Crippen molar-refractivity contribution in [2.75, 3.05) is 13.7 Å². The lowest BCUT2D eigenvalue weighted by molar-refractivity contribution is -0.150. The molecule has 0 bridgehead atoms. The van der Waals surface area contributed by atoms with Crippen LogP contribution in [0, 0.1) is 5.41 Å². The first-order chi connectivity index (χ1) is 13.4. The van der Waals surface area contributed by atoms with Crippen LogP contribution in [-0.4, -0.2) is 25.7 Å². The fourth-order valence-electron chi connectivity index (χ4n) is 5.21. The summed E-state index contributed by atoms with van der Waals surface area (Å²) in [4.78, 5) is 12.0. The van der Waals surface area contributed by atoms with Crippen LogP contribution in [0.4, 0.5) is 0 Å². The third kappa shape index (κ3) is 3.48. The number of carbonyl (C=O) groups is 1. The van der Waals surface area contributed by atoms with E-state index in [1.54, 1.807) is 0 Å². The van der Waals surface area contributed by atoms with Crippen molar-refractivity contribution in [1.82, 2.24) is 5.32 Å². The molecular weight excluding hydrogens is 346 g/mol. The summed E-state index contributed by atoms with van der Waals surface area (Å²) < 4.78 is 4.96. The number of fused-ring (bicyclic) bond motifs is 3. The van der Waals surface area contributed by atoms with Gasteiger partial charge in [-0.2, -0.15) is 0 Å². The van der Waals surface area contributed by atoms with Gasteiger partial charge in [0.15, 0.2) is 0 Å². The number of nitrogens with one attached hydrogen (secondary N) is 1. The highest BCUT2D eigenvalue weighted by Gasteiger charge is 2.43. The SMILES string of the molecule is COC(=O)C(C)(C)CNC1CCC2(Cc3ccccc3Cc3ccccc32)C1. The van der Waals surface area contributed by atoms with Crippen LogP contribution in [0.25, 0.3) is 0 Å². The molecule has 0 aliphatic heterocycles. The molecule has 4 rings (SSSR count). The molecular formula is C25H31NO2. The highest BCUT2D eigenvalue weighted by molar-refractivity contribution is 5.76. The van der Waals surface area contributed by atoms with Gasteiger partial charge in [0, 0.05) is 18.0 Å². The highest BCUT2D eigenvalue weighted by atomic mass is 16.5. The summed E-state index contributed by atoms with van der Waals surface area (Å²) in [6, 6.07) is 18.4. The van der Waals surface area contributed by atoms with Gasteiger partial charge in [-0.15, -0.1) is 0 Å². The molecule has 148 valence electrons. The van der Waals surface area contributed by atoms with Crippen molar-refractivity contribution in [1.29, 1.82) is 0 Å². The molecule has 2 aromatic rings. The van der Waals surface area contributed by atoms with Crippen LogP contribution in [0.1, 0.15) is 55.4 Å². The van der Waals surface area contributed by atoms with Crippen molar-refractivity contribution in [2.45, 2.75) is 57.4 Å². The van der Waals surface area contributed by atoms with E-state index in [4.69, 9.17) is 4.74 Å². The quantitative estimate of drug-likeness (QED) is 0.802. The van der Waals surface area contributed by atoms with Gasteiger partial charge in [-0.25, -0.2) is 0 Å². The summed E-state index contributed by atoms with van der Waals surface area (Å²) in [5.74, 6) is -0.151. The lowest BCUT2D eigenvalue weighted by Crippen LogP contribution is -2.41. The van der Waals surface area contributed by atoms with Gasteiger partial charge in [0.05, 0.1) is 12.5 Å². The summed E-state index contributed by atoms with van der Waals surface area (Å²) in [7, 11) is 1.47. The summed E-state index contributed by atoms with van der Waals surface area (Å²) in [6.07, 6.45) is 5.60. The normalized spacial score (nSPS) is 23.8. The first-order valence-corrected chi connectivity index (χ1v) is 10.4. The smallest absolute Gasteiger partial charge is 0.312 e. The Morgan fingerprint density at radius 1 is 1.11 bits per heavy atom. The minimum Gasteiger partial charge on any atom is -0.469 e. The van der Waals surface area contributed by atoms with Crippen LogP contribution >= 0.6 is 0 Å². The molecule has 3 nitrogen and oxygen atoms in total. The van der Waals surface area contributed by atoms with Crippen molar-refractivity contribution in [3.05, 3.63) is 70.8 Å². The van der Waals surface area contributed by atoms with Crippen molar-refractivity contribution < 1.29 is 9.53 Å². The Morgan fingerprint density at radius 3 is 2.54 bits per heavy atom. The molecule has 1 spiro atoms. The Labute approximate surface area is 168 Å². The maximum absolute atomic E-state index is 12.0. The molecule has 0 amide bonds. The van der Waals surface area contributed by atoms with Crippen LogP contribution < -0.4 is 5.32 Å². The summed E-state index contributed by atoms with van der Waals surface area (Å²) in [5.41, 5.74) is 5.66. The van der Waals surface area contributed by atoms with E-state index in [-0.39, 0.29) is 11.4 Å². The summed E-state index contributed by atoms with van der Waals surface area (Å²) in [5, 5.41) is 3.68. The number of carbonyl (C=O) groups excluding carboxylic acids is 1. The Hall–Kier alpha value is -2.13. The fourth-order valence-corrected chi connectivity index (χ4v) is 5.21. The second-order valence-corrected chi connectivity index (χ2v) is 9.26. The number of rotatable bonds is 4. The van der Waals surface area contributed by atoms with Gasteiger partial charge in [-0.3, -0.25) is 4.79 Å². The number of hydrogen-bond donors (Lipinski definition) is 1. The molecule has 1 N–H and O–H groups in total. The molecule has 0 aromatic heterocycles. The predicted octanol–water partition coefficient (Wildman–Crippen LogP) is 4.41. The van der Waals surface area contributed by atoms with E-state index < -0.39 is 5.41 Å². The second kappa shape index (κ2) is 7.36. The van der Waals surface area contributed by atoms with Gasteiger partial charge < -0.3 is 10.1 Å². The molecule has 0 saturated heterocycles. The van der Waals surface area contributed by atoms with E-state index in [0.717, 1.165) is 25.7 Å².